The smallest absolute Gasteiger partial charge is 0.407 e. The average molecular weight is 857 g/mol. The van der Waals surface area contributed by atoms with Gasteiger partial charge in [0.05, 0.1) is 48.7 Å². The van der Waals surface area contributed by atoms with E-state index in [2.05, 4.69) is 87.7 Å². The first-order chi connectivity index (χ1) is 31.2. The van der Waals surface area contributed by atoms with Crippen molar-refractivity contribution in [3.8, 4) is 12.3 Å². The summed E-state index contributed by atoms with van der Waals surface area (Å²) in [7, 11) is 2.53. The van der Waals surface area contributed by atoms with Crippen LogP contribution in [0.4, 0.5) is 9.59 Å². The van der Waals surface area contributed by atoms with Crippen molar-refractivity contribution in [2.45, 2.75) is 55.8 Å². The Morgan fingerprint density at radius 1 is 0.938 bits per heavy atom. The third-order valence-electron chi connectivity index (χ3n) is 12.7. The lowest BCUT2D eigenvalue weighted by Gasteiger charge is -2.30. The van der Waals surface area contributed by atoms with Crippen molar-refractivity contribution < 1.29 is 28.7 Å². The maximum Gasteiger partial charge on any atom is 0.407 e. The van der Waals surface area contributed by atoms with Gasteiger partial charge in [0.2, 0.25) is 5.91 Å². The fraction of sp³-hybridized carbons (Fsp3) is 0.280. The zero-order valence-corrected chi connectivity index (χ0v) is 35.5. The number of carbonyl (C=O) groups is 4. The number of fused-ring (bicyclic) bond motifs is 6. The predicted octanol–water partition coefficient (Wildman–Crippen LogP) is 7.71. The number of hydrogen-bond acceptors (Lipinski definition) is 8. The van der Waals surface area contributed by atoms with Crippen LogP contribution in [0.5, 0.6) is 0 Å². The summed E-state index contributed by atoms with van der Waals surface area (Å²) in [4.78, 5) is 73.0. The lowest BCUT2D eigenvalue weighted by Crippen LogP contribution is -2.47. The number of nitrogens with zero attached hydrogens (tertiary/aromatic N) is 4. The number of benzene rings is 3. The van der Waals surface area contributed by atoms with Crippen molar-refractivity contribution in [3.05, 3.63) is 143 Å². The van der Waals surface area contributed by atoms with Gasteiger partial charge in [0.1, 0.15) is 23.7 Å². The normalized spacial score (nSPS) is 20.9. The fourth-order valence-electron chi connectivity index (χ4n) is 9.57. The van der Waals surface area contributed by atoms with E-state index in [0.717, 1.165) is 62.7 Å². The SMILES string of the molecule is C#CC[C@@H]1CCN(C(=O)[C@H](NC(=O)OC)c2ccccc2)C1c1nc2ccc3cc(C4=CC=CC5C(=C4)C=Cc4nc([C@@H]6CCCN6C(=O)[C@H](C=C)NC(=O)OC)[nH]c45)ccc3c2[nH]1. The van der Waals surface area contributed by atoms with E-state index in [4.69, 9.17) is 25.9 Å². The average Bonchev–Trinajstić information content (AvgIpc) is 4.13. The molecule has 4 amide bonds. The Morgan fingerprint density at radius 3 is 2.53 bits per heavy atom. The maximum absolute atomic E-state index is 14.4. The Balaban J connectivity index is 0.971. The predicted molar refractivity (Wildman–Crippen MR) is 243 cm³/mol. The van der Waals surface area contributed by atoms with Crippen molar-refractivity contribution in [2.24, 2.45) is 5.92 Å². The Hall–Kier alpha value is -7.66. The van der Waals surface area contributed by atoms with E-state index in [1.807, 2.05) is 42.5 Å². The van der Waals surface area contributed by atoms with Gasteiger partial charge < -0.3 is 39.9 Å². The minimum Gasteiger partial charge on any atom is -0.453 e. The molecule has 2 unspecified atom stereocenters. The number of nitrogens with one attached hydrogen (secondary N) is 4. The van der Waals surface area contributed by atoms with E-state index in [0.29, 0.717) is 43.1 Å². The third-order valence-corrected chi connectivity index (χ3v) is 12.7. The Kier molecular flexibility index (Phi) is 11.5. The molecule has 64 heavy (non-hydrogen) atoms. The number of alkyl carbamates (subject to hydrolysis) is 2. The summed E-state index contributed by atoms with van der Waals surface area (Å²) < 4.78 is 9.61. The quantitative estimate of drug-likeness (QED) is 0.0816. The number of imidazole rings is 2. The molecular formula is C50H48N8O6. The summed E-state index contributed by atoms with van der Waals surface area (Å²) in [6.45, 7) is 4.74. The topological polar surface area (TPSA) is 175 Å². The van der Waals surface area contributed by atoms with Gasteiger partial charge in [-0.05, 0) is 71.0 Å². The summed E-state index contributed by atoms with van der Waals surface area (Å²) >= 11 is 0. The summed E-state index contributed by atoms with van der Waals surface area (Å²) in [5, 5.41) is 7.31. The highest BCUT2D eigenvalue weighted by atomic mass is 16.5. The number of aromatic amines is 2. The van der Waals surface area contributed by atoms with Gasteiger partial charge in [-0.2, -0.15) is 0 Å². The van der Waals surface area contributed by atoms with Gasteiger partial charge in [-0.1, -0.05) is 85.0 Å². The number of H-pyrrole nitrogens is 2. The summed E-state index contributed by atoms with van der Waals surface area (Å²) in [5.74, 6) is 3.51. The first kappa shape index (κ1) is 41.7. The molecule has 5 aromatic rings. The molecule has 0 radical (unpaired) electrons. The van der Waals surface area contributed by atoms with Gasteiger partial charge >= 0.3 is 12.2 Å². The number of terminal acetylenes is 1. The molecule has 2 saturated heterocycles. The zero-order chi connectivity index (χ0) is 44.5. The van der Waals surface area contributed by atoms with Crippen LogP contribution in [0.2, 0.25) is 0 Å². The molecule has 2 fully saturated rings. The van der Waals surface area contributed by atoms with Crippen molar-refractivity contribution in [1.82, 2.24) is 40.4 Å². The van der Waals surface area contributed by atoms with E-state index in [9.17, 15) is 19.2 Å². The van der Waals surface area contributed by atoms with E-state index in [-0.39, 0.29) is 29.7 Å². The molecule has 2 aliphatic heterocycles. The first-order valence-corrected chi connectivity index (χ1v) is 21.4. The van der Waals surface area contributed by atoms with Crippen LogP contribution in [-0.2, 0) is 19.1 Å². The second kappa shape index (κ2) is 17.6. The summed E-state index contributed by atoms with van der Waals surface area (Å²) in [6.07, 6.45) is 21.2. The van der Waals surface area contributed by atoms with Crippen LogP contribution in [-0.4, -0.2) is 87.1 Å². The van der Waals surface area contributed by atoms with Crippen LogP contribution in [0, 0.1) is 18.3 Å². The van der Waals surface area contributed by atoms with Crippen molar-refractivity contribution in [1.29, 1.82) is 0 Å². The molecule has 0 spiro atoms. The molecule has 2 aromatic heterocycles. The van der Waals surface area contributed by atoms with Crippen LogP contribution in [0.25, 0.3) is 33.5 Å². The molecule has 4 N–H and O–H groups in total. The lowest BCUT2D eigenvalue weighted by molar-refractivity contribution is -0.135. The molecule has 2 aliphatic carbocycles. The largest absolute Gasteiger partial charge is 0.453 e. The van der Waals surface area contributed by atoms with Gasteiger partial charge in [-0.15, -0.1) is 18.9 Å². The molecule has 4 aliphatic rings. The Bertz CT molecular complexity index is 2850. The second-order valence-corrected chi connectivity index (χ2v) is 16.4. The van der Waals surface area contributed by atoms with Crippen molar-refractivity contribution in [3.63, 3.8) is 0 Å². The minimum absolute atomic E-state index is 0.0409. The number of carbonyl (C=O) groups excluding carboxylic acids is 4. The van der Waals surface area contributed by atoms with Gasteiger partial charge in [0.15, 0.2) is 0 Å². The van der Waals surface area contributed by atoms with Gasteiger partial charge in [-0.3, -0.25) is 9.59 Å². The molecule has 0 saturated carbocycles. The van der Waals surface area contributed by atoms with Crippen LogP contribution < -0.4 is 10.6 Å². The van der Waals surface area contributed by atoms with E-state index in [1.54, 1.807) is 9.80 Å². The Morgan fingerprint density at radius 2 is 1.75 bits per heavy atom. The van der Waals surface area contributed by atoms with Crippen LogP contribution in [0.1, 0.15) is 83.9 Å². The minimum atomic E-state index is -0.958. The molecule has 0 bridgehead atoms. The van der Waals surface area contributed by atoms with Gasteiger partial charge in [0, 0.05) is 30.8 Å². The van der Waals surface area contributed by atoms with Crippen molar-refractivity contribution in [2.75, 3.05) is 27.3 Å². The standard InChI is InChI=1S/C50H48N8O6/c1-5-12-30-24-26-58(48(60)41(56-50(62)64-4)29-13-8-7-9-14-29)44(30)46-52-39-23-20-34-28-32(18-21-36(34)43(39)55-46)31-15-10-16-35-33(27-31)19-22-38-42(35)54-45(51-38)40-17-11-25-57(40)47(59)37(6-2)53-49(61)63-3/h1,6-10,13-16,18-23,27-28,30,35,37,40-41,44H,2,11-12,17,24-26H2,3-4H3,(H,51,54)(H,52,55)(H,53,61)(H,56,62)/t30-,35?,37+,40+,41-,44?/m1/s1. The van der Waals surface area contributed by atoms with E-state index >= 15 is 0 Å². The molecular weight excluding hydrogens is 809 g/mol. The summed E-state index contributed by atoms with van der Waals surface area (Å²) in [6, 6.07) is 17.0. The Labute approximate surface area is 370 Å². The summed E-state index contributed by atoms with van der Waals surface area (Å²) in [5.41, 5.74) is 7.24. The van der Waals surface area contributed by atoms with Gasteiger partial charge in [-0.25, -0.2) is 19.6 Å². The van der Waals surface area contributed by atoms with E-state index in [1.165, 1.54) is 20.3 Å². The fourth-order valence-corrected chi connectivity index (χ4v) is 9.57. The maximum atomic E-state index is 14.4. The number of allylic oxidation sites excluding steroid dienone is 7. The molecule has 14 heteroatoms. The van der Waals surface area contributed by atoms with Crippen LogP contribution >= 0.6 is 0 Å². The third kappa shape index (κ3) is 7.74. The number of aromatic nitrogens is 4. The highest BCUT2D eigenvalue weighted by molar-refractivity contribution is 6.05. The second-order valence-electron chi connectivity index (χ2n) is 16.4. The molecule has 324 valence electrons. The first-order valence-electron chi connectivity index (χ1n) is 21.4. The van der Waals surface area contributed by atoms with Crippen LogP contribution in [0.15, 0.2) is 109 Å². The molecule has 4 heterocycles. The van der Waals surface area contributed by atoms with Crippen LogP contribution in [0.3, 0.4) is 0 Å². The highest BCUT2D eigenvalue weighted by Gasteiger charge is 2.43. The number of methoxy groups -OCH3 is 2. The number of ether oxygens (including phenoxy) is 2. The lowest BCUT2D eigenvalue weighted by atomic mass is 9.88. The number of likely N-dealkylation sites (tertiary alicyclic amines) is 2. The van der Waals surface area contributed by atoms with Gasteiger partial charge in [0.25, 0.3) is 5.91 Å². The molecule has 6 atom stereocenters. The number of hydrogen-bond donors (Lipinski definition) is 4. The monoisotopic (exact) mass is 856 g/mol. The van der Waals surface area contributed by atoms with E-state index < -0.39 is 30.3 Å². The highest BCUT2D eigenvalue weighted by Crippen LogP contribution is 2.43. The number of amides is 4. The van der Waals surface area contributed by atoms with Crippen molar-refractivity contribution >= 4 is 57.5 Å². The zero-order valence-electron chi connectivity index (χ0n) is 35.5. The molecule has 9 rings (SSSR count). The molecule has 14 nitrogen and oxygen atoms in total. The molecule has 3 aromatic carbocycles. The number of rotatable bonds is 10.